The lowest BCUT2D eigenvalue weighted by Crippen LogP contribution is -1.98. The Labute approximate surface area is 179 Å². The van der Waals surface area contributed by atoms with Crippen molar-refractivity contribution in [2.24, 2.45) is 0 Å². The molecule has 0 aliphatic heterocycles. The number of nitrogen functional groups attached to an aromatic ring is 1. The van der Waals surface area contributed by atoms with Crippen molar-refractivity contribution in [3.63, 3.8) is 0 Å². The lowest BCUT2D eigenvalue weighted by Gasteiger charge is -2.12. The van der Waals surface area contributed by atoms with Gasteiger partial charge in [0.25, 0.3) is 5.89 Å². The van der Waals surface area contributed by atoms with Crippen molar-refractivity contribution in [2.45, 2.75) is 6.42 Å². The molecule has 0 saturated heterocycles. The van der Waals surface area contributed by atoms with Gasteiger partial charge in [0.15, 0.2) is 11.6 Å². The van der Waals surface area contributed by atoms with Crippen LogP contribution >= 0.6 is 34.8 Å². The summed E-state index contributed by atoms with van der Waals surface area (Å²) in [6.45, 7) is 0. The third-order valence-electron chi connectivity index (χ3n) is 3.96. The standard InChI is InChI=1S/C19H12Cl3FN4O2/c20-10-6-11(24)8-12(7-10)28-18-14(22)2-1-9(16(18)23)5-15-26-27-19(29-15)17-13(21)3-4-25-17/h1-4,6-8,25H,5,24H2. The fourth-order valence-electron chi connectivity index (χ4n) is 2.67. The molecule has 2 aromatic carbocycles. The van der Waals surface area contributed by atoms with E-state index in [9.17, 15) is 0 Å². The first kappa shape index (κ1) is 19.6. The molecule has 0 unspecified atom stereocenters. The molecule has 4 rings (SSSR count). The fourth-order valence-corrected chi connectivity index (χ4v) is 3.28. The highest BCUT2D eigenvalue weighted by atomic mass is 35.5. The number of H-pyrrole nitrogens is 1. The number of rotatable bonds is 5. The molecule has 29 heavy (non-hydrogen) atoms. The largest absolute Gasteiger partial charge is 0.453 e. The first-order chi connectivity index (χ1) is 13.9. The normalized spacial score (nSPS) is 11.0. The molecule has 6 nitrogen and oxygen atoms in total. The minimum atomic E-state index is -0.659. The number of hydrogen-bond acceptors (Lipinski definition) is 5. The minimum absolute atomic E-state index is 0.0301. The van der Waals surface area contributed by atoms with Gasteiger partial charge >= 0.3 is 0 Å². The highest BCUT2D eigenvalue weighted by Crippen LogP contribution is 2.36. The Hall–Kier alpha value is -2.74. The van der Waals surface area contributed by atoms with Gasteiger partial charge in [0.2, 0.25) is 5.89 Å². The Morgan fingerprint density at radius 3 is 2.62 bits per heavy atom. The monoisotopic (exact) mass is 452 g/mol. The van der Waals surface area contributed by atoms with E-state index in [1.165, 1.54) is 24.3 Å². The summed E-state index contributed by atoms with van der Waals surface area (Å²) >= 11 is 18.1. The maximum absolute atomic E-state index is 15.1. The van der Waals surface area contributed by atoms with Gasteiger partial charge in [-0.2, -0.15) is 0 Å². The molecule has 0 fully saturated rings. The highest BCUT2D eigenvalue weighted by Gasteiger charge is 2.19. The summed E-state index contributed by atoms with van der Waals surface area (Å²) in [5, 5.41) is 8.76. The molecule has 3 N–H and O–H groups in total. The van der Waals surface area contributed by atoms with Gasteiger partial charge in [-0.15, -0.1) is 10.2 Å². The lowest BCUT2D eigenvalue weighted by atomic mass is 10.1. The molecule has 148 valence electrons. The van der Waals surface area contributed by atoms with Crippen molar-refractivity contribution in [2.75, 3.05) is 5.73 Å². The van der Waals surface area contributed by atoms with Crippen LogP contribution in [0.3, 0.4) is 0 Å². The summed E-state index contributed by atoms with van der Waals surface area (Å²) in [7, 11) is 0. The molecule has 2 heterocycles. The summed E-state index contributed by atoms with van der Waals surface area (Å²) in [5.74, 6) is -0.152. The van der Waals surface area contributed by atoms with Crippen LogP contribution in [0.25, 0.3) is 11.6 Å². The van der Waals surface area contributed by atoms with Crippen LogP contribution in [0.5, 0.6) is 11.5 Å². The summed E-state index contributed by atoms with van der Waals surface area (Å²) in [4.78, 5) is 2.90. The van der Waals surface area contributed by atoms with E-state index in [1.54, 1.807) is 18.3 Å². The molecule has 0 spiro atoms. The second-order valence-corrected chi connectivity index (χ2v) is 7.30. The minimum Gasteiger partial charge on any atom is -0.453 e. The van der Waals surface area contributed by atoms with Gasteiger partial charge in [-0.25, -0.2) is 4.39 Å². The van der Waals surface area contributed by atoms with Crippen molar-refractivity contribution in [1.29, 1.82) is 0 Å². The average molecular weight is 454 g/mol. The number of nitrogens with zero attached hydrogens (tertiary/aromatic N) is 2. The van der Waals surface area contributed by atoms with Gasteiger partial charge < -0.3 is 19.9 Å². The van der Waals surface area contributed by atoms with Crippen molar-refractivity contribution in [3.05, 3.63) is 74.9 Å². The maximum atomic E-state index is 15.1. The molecular weight excluding hydrogens is 442 g/mol. The van der Waals surface area contributed by atoms with Crippen LogP contribution < -0.4 is 10.5 Å². The quantitative estimate of drug-likeness (QED) is 0.355. The van der Waals surface area contributed by atoms with E-state index < -0.39 is 5.82 Å². The number of halogens is 4. The third kappa shape index (κ3) is 4.17. The average Bonchev–Trinajstić information content (AvgIpc) is 3.29. The Balaban J connectivity index is 1.62. The SMILES string of the molecule is Nc1cc(Cl)cc(Oc2c(Cl)ccc(Cc3nnc(-c4[nH]ccc4Cl)o3)c2F)c1. The fraction of sp³-hybridized carbons (Fsp3) is 0.0526. The number of hydrogen-bond donors (Lipinski definition) is 2. The Kier molecular flexibility index (Phi) is 5.36. The molecule has 0 saturated carbocycles. The molecule has 10 heteroatoms. The highest BCUT2D eigenvalue weighted by molar-refractivity contribution is 6.33. The third-order valence-corrected chi connectivity index (χ3v) is 4.79. The van der Waals surface area contributed by atoms with E-state index in [-0.39, 0.29) is 40.3 Å². The summed E-state index contributed by atoms with van der Waals surface area (Å²) < 4.78 is 26.2. The molecule has 0 bridgehead atoms. The van der Waals surface area contributed by atoms with Gasteiger partial charge in [0.1, 0.15) is 11.4 Å². The van der Waals surface area contributed by atoms with Crippen LogP contribution in [0.2, 0.25) is 15.1 Å². The van der Waals surface area contributed by atoms with E-state index in [0.29, 0.717) is 21.4 Å². The number of nitrogens with one attached hydrogen (secondary N) is 1. The molecule has 4 aromatic rings. The predicted molar refractivity (Wildman–Crippen MR) is 109 cm³/mol. The molecule has 2 aromatic heterocycles. The first-order valence-corrected chi connectivity index (χ1v) is 9.40. The second kappa shape index (κ2) is 7.94. The van der Waals surface area contributed by atoms with Crippen molar-refractivity contribution >= 4 is 40.5 Å². The topological polar surface area (TPSA) is 90.0 Å². The van der Waals surface area contributed by atoms with Crippen LogP contribution in [0.15, 0.2) is 47.0 Å². The van der Waals surface area contributed by atoms with Crippen molar-refractivity contribution in [1.82, 2.24) is 15.2 Å². The smallest absolute Gasteiger partial charge is 0.265 e. The number of nitrogens with two attached hydrogens (primary N) is 1. The number of ether oxygens (including phenoxy) is 1. The van der Waals surface area contributed by atoms with Gasteiger partial charge in [0.05, 0.1) is 16.5 Å². The zero-order valence-corrected chi connectivity index (χ0v) is 16.8. The van der Waals surface area contributed by atoms with Gasteiger partial charge in [-0.1, -0.05) is 40.9 Å². The Morgan fingerprint density at radius 1 is 1.07 bits per heavy atom. The molecule has 0 amide bonds. The maximum Gasteiger partial charge on any atom is 0.265 e. The molecule has 0 aliphatic carbocycles. The summed E-state index contributed by atoms with van der Waals surface area (Å²) in [6, 6.07) is 9.26. The first-order valence-electron chi connectivity index (χ1n) is 8.27. The van der Waals surface area contributed by atoms with E-state index in [1.807, 2.05) is 0 Å². The van der Waals surface area contributed by atoms with Crippen LogP contribution in [0.1, 0.15) is 11.5 Å². The summed E-state index contributed by atoms with van der Waals surface area (Å²) in [6.07, 6.45) is 1.68. The van der Waals surface area contributed by atoms with Gasteiger partial charge in [-0.05, 0) is 24.3 Å². The Morgan fingerprint density at radius 2 is 1.90 bits per heavy atom. The van der Waals surface area contributed by atoms with Crippen LogP contribution in [0.4, 0.5) is 10.1 Å². The van der Waals surface area contributed by atoms with Gasteiger partial charge in [0, 0.05) is 28.5 Å². The number of aromatic amines is 1. The lowest BCUT2D eigenvalue weighted by molar-refractivity contribution is 0.437. The van der Waals surface area contributed by atoms with E-state index in [0.717, 1.165) is 0 Å². The van der Waals surface area contributed by atoms with Gasteiger partial charge in [-0.3, -0.25) is 0 Å². The summed E-state index contributed by atoms with van der Waals surface area (Å²) in [5.41, 5.74) is 6.87. The molecule has 0 atom stereocenters. The predicted octanol–water partition coefficient (Wildman–Crippen LogP) is 6.13. The Bertz CT molecular complexity index is 1170. The van der Waals surface area contributed by atoms with Crippen LogP contribution in [-0.2, 0) is 6.42 Å². The number of aromatic nitrogens is 3. The van der Waals surface area contributed by atoms with Crippen LogP contribution in [0, 0.1) is 5.82 Å². The number of benzene rings is 2. The van der Waals surface area contributed by atoms with Crippen molar-refractivity contribution < 1.29 is 13.5 Å². The zero-order valence-electron chi connectivity index (χ0n) is 14.5. The van der Waals surface area contributed by atoms with Crippen LogP contribution in [-0.4, -0.2) is 15.2 Å². The number of anilines is 1. The van der Waals surface area contributed by atoms with Crippen molar-refractivity contribution in [3.8, 4) is 23.1 Å². The molecular formula is C19H12Cl3FN4O2. The second-order valence-electron chi connectivity index (χ2n) is 6.05. The molecule has 0 aliphatic rings. The molecule has 0 radical (unpaired) electrons. The van der Waals surface area contributed by atoms with E-state index >= 15 is 4.39 Å². The zero-order chi connectivity index (χ0) is 20.5. The van der Waals surface area contributed by atoms with E-state index in [4.69, 9.17) is 49.7 Å². The van der Waals surface area contributed by atoms with E-state index in [2.05, 4.69) is 15.2 Å².